The van der Waals surface area contributed by atoms with E-state index in [9.17, 15) is 9.59 Å². The molecule has 2 aromatic carbocycles. The molecule has 6 nitrogen and oxygen atoms in total. The van der Waals surface area contributed by atoms with Gasteiger partial charge in [0.2, 0.25) is 5.91 Å². The first-order chi connectivity index (χ1) is 14.2. The van der Waals surface area contributed by atoms with Gasteiger partial charge in [-0.05, 0) is 51.0 Å². The number of amides is 2. The van der Waals surface area contributed by atoms with E-state index < -0.39 is 5.41 Å². The number of carbonyl (C=O) groups is 2. The van der Waals surface area contributed by atoms with Crippen LogP contribution < -0.4 is 19.7 Å². The zero-order valence-corrected chi connectivity index (χ0v) is 18.3. The second-order valence-electron chi connectivity index (χ2n) is 8.81. The van der Waals surface area contributed by atoms with Gasteiger partial charge in [-0.25, -0.2) is 0 Å². The molecule has 0 atom stereocenters. The topological polar surface area (TPSA) is 67.9 Å². The van der Waals surface area contributed by atoms with Crippen molar-refractivity contribution in [2.24, 2.45) is 11.3 Å². The molecule has 0 saturated carbocycles. The summed E-state index contributed by atoms with van der Waals surface area (Å²) >= 11 is 0. The SMILES string of the molecule is Cc1ccc(OCC(=O)Nc2ccc3c(c2)OCC(C)(C)C(=O)N3CC(C)C)cc1. The van der Waals surface area contributed by atoms with Gasteiger partial charge in [0.15, 0.2) is 6.61 Å². The number of anilines is 2. The third kappa shape index (κ3) is 5.12. The summed E-state index contributed by atoms with van der Waals surface area (Å²) in [5.41, 5.74) is 1.83. The molecule has 0 aliphatic carbocycles. The molecule has 2 amide bonds. The van der Waals surface area contributed by atoms with Gasteiger partial charge in [-0.3, -0.25) is 9.59 Å². The average molecular weight is 411 g/mol. The van der Waals surface area contributed by atoms with Crippen LogP contribution in [-0.2, 0) is 9.59 Å². The Balaban J connectivity index is 1.73. The first-order valence-corrected chi connectivity index (χ1v) is 10.2. The van der Waals surface area contributed by atoms with Crippen LogP contribution in [0.25, 0.3) is 0 Å². The Labute approximate surface area is 178 Å². The zero-order chi connectivity index (χ0) is 21.9. The van der Waals surface area contributed by atoms with Gasteiger partial charge >= 0.3 is 0 Å². The van der Waals surface area contributed by atoms with Crippen molar-refractivity contribution in [1.29, 1.82) is 0 Å². The molecule has 3 rings (SSSR count). The average Bonchev–Trinajstić information content (AvgIpc) is 2.77. The number of nitrogens with zero attached hydrogens (tertiary/aromatic N) is 1. The number of benzene rings is 2. The van der Waals surface area contributed by atoms with Gasteiger partial charge in [-0.15, -0.1) is 0 Å². The van der Waals surface area contributed by atoms with Crippen LogP contribution in [0.4, 0.5) is 11.4 Å². The Bertz CT molecular complexity index is 919. The lowest BCUT2D eigenvalue weighted by atomic mass is 9.92. The number of hydrogen-bond donors (Lipinski definition) is 1. The van der Waals surface area contributed by atoms with Crippen molar-refractivity contribution in [3.05, 3.63) is 48.0 Å². The van der Waals surface area contributed by atoms with E-state index in [1.54, 1.807) is 17.0 Å². The van der Waals surface area contributed by atoms with Gasteiger partial charge in [0.05, 0.1) is 11.1 Å². The summed E-state index contributed by atoms with van der Waals surface area (Å²) < 4.78 is 11.5. The number of carbonyl (C=O) groups excluding carboxylic acids is 2. The van der Waals surface area contributed by atoms with Crippen molar-refractivity contribution in [1.82, 2.24) is 0 Å². The third-order valence-electron chi connectivity index (χ3n) is 4.89. The first kappa shape index (κ1) is 21.7. The molecule has 30 heavy (non-hydrogen) atoms. The zero-order valence-electron chi connectivity index (χ0n) is 18.3. The van der Waals surface area contributed by atoms with Crippen molar-refractivity contribution >= 4 is 23.2 Å². The minimum Gasteiger partial charge on any atom is -0.490 e. The number of hydrogen-bond acceptors (Lipinski definition) is 4. The lowest BCUT2D eigenvalue weighted by Gasteiger charge is -2.29. The molecule has 1 heterocycles. The van der Waals surface area contributed by atoms with Crippen LogP contribution in [0, 0.1) is 18.3 Å². The predicted octanol–water partition coefficient (Wildman–Crippen LogP) is 4.42. The fourth-order valence-electron chi connectivity index (χ4n) is 3.25. The van der Waals surface area contributed by atoms with E-state index in [0.717, 1.165) is 11.3 Å². The van der Waals surface area contributed by atoms with Crippen LogP contribution in [0.5, 0.6) is 11.5 Å². The quantitative estimate of drug-likeness (QED) is 0.765. The molecular weight excluding hydrogens is 380 g/mol. The lowest BCUT2D eigenvalue weighted by Crippen LogP contribution is -2.43. The number of nitrogens with one attached hydrogen (secondary N) is 1. The van der Waals surface area contributed by atoms with Crippen molar-refractivity contribution in [2.75, 3.05) is 30.0 Å². The van der Waals surface area contributed by atoms with Gasteiger partial charge in [0, 0.05) is 18.3 Å². The largest absolute Gasteiger partial charge is 0.490 e. The van der Waals surface area contributed by atoms with Crippen molar-refractivity contribution in [3.8, 4) is 11.5 Å². The summed E-state index contributed by atoms with van der Waals surface area (Å²) in [7, 11) is 0. The van der Waals surface area contributed by atoms with Crippen molar-refractivity contribution < 1.29 is 19.1 Å². The molecule has 6 heteroatoms. The van der Waals surface area contributed by atoms with Gasteiger partial charge in [0.1, 0.15) is 18.1 Å². The molecule has 1 aliphatic rings. The maximum atomic E-state index is 13.0. The van der Waals surface area contributed by atoms with Gasteiger partial charge in [0.25, 0.3) is 5.91 Å². The molecule has 1 N–H and O–H groups in total. The Morgan fingerprint density at radius 3 is 2.57 bits per heavy atom. The fraction of sp³-hybridized carbons (Fsp3) is 0.417. The Kier molecular flexibility index (Phi) is 6.34. The second-order valence-corrected chi connectivity index (χ2v) is 8.81. The molecule has 0 radical (unpaired) electrons. The summed E-state index contributed by atoms with van der Waals surface area (Å²) in [5, 5.41) is 2.83. The minimum atomic E-state index is -0.626. The Morgan fingerprint density at radius 2 is 1.90 bits per heavy atom. The summed E-state index contributed by atoms with van der Waals surface area (Å²) in [4.78, 5) is 27.1. The second kappa shape index (κ2) is 8.78. The van der Waals surface area contributed by atoms with E-state index in [1.807, 2.05) is 51.1 Å². The standard InChI is InChI=1S/C24H30N2O4/c1-16(2)13-26-20-11-8-18(12-21(20)30-15-24(4,5)23(26)28)25-22(27)14-29-19-9-6-17(3)7-10-19/h6-12,16H,13-15H2,1-5H3,(H,25,27). The molecule has 0 fully saturated rings. The highest BCUT2D eigenvalue weighted by atomic mass is 16.5. The van der Waals surface area contributed by atoms with Crippen LogP contribution in [-0.4, -0.2) is 31.6 Å². The maximum Gasteiger partial charge on any atom is 0.262 e. The van der Waals surface area contributed by atoms with Crippen LogP contribution in [0.3, 0.4) is 0 Å². The molecular formula is C24H30N2O4. The Morgan fingerprint density at radius 1 is 1.20 bits per heavy atom. The molecule has 0 saturated heterocycles. The number of aryl methyl sites for hydroxylation is 1. The molecule has 160 valence electrons. The molecule has 1 aliphatic heterocycles. The first-order valence-electron chi connectivity index (χ1n) is 10.2. The van der Waals surface area contributed by atoms with Crippen molar-refractivity contribution in [2.45, 2.75) is 34.6 Å². The molecule has 0 unspecified atom stereocenters. The highest BCUT2D eigenvalue weighted by Gasteiger charge is 2.38. The van der Waals surface area contributed by atoms with Gasteiger partial charge < -0.3 is 19.7 Å². The molecule has 0 spiro atoms. The number of rotatable bonds is 6. The highest BCUT2D eigenvalue weighted by molar-refractivity contribution is 6.00. The molecule has 0 bridgehead atoms. The molecule has 0 aromatic heterocycles. The van der Waals surface area contributed by atoms with Crippen LogP contribution in [0.1, 0.15) is 33.3 Å². The fourth-order valence-corrected chi connectivity index (χ4v) is 3.25. The monoisotopic (exact) mass is 410 g/mol. The summed E-state index contributed by atoms with van der Waals surface area (Å²) in [6.07, 6.45) is 0. The lowest BCUT2D eigenvalue weighted by molar-refractivity contribution is -0.127. The number of ether oxygens (including phenoxy) is 2. The maximum absolute atomic E-state index is 13.0. The Hall–Kier alpha value is -3.02. The molecule has 2 aromatic rings. The normalized spacial score (nSPS) is 15.3. The minimum absolute atomic E-state index is 0.0400. The number of fused-ring (bicyclic) bond motifs is 1. The van der Waals surface area contributed by atoms with Crippen molar-refractivity contribution in [3.63, 3.8) is 0 Å². The predicted molar refractivity (Wildman–Crippen MR) is 118 cm³/mol. The highest BCUT2D eigenvalue weighted by Crippen LogP contribution is 2.38. The van der Waals surface area contributed by atoms with Crippen LogP contribution in [0.2, 0.25) is 0 Å². The summed E-state index contributed by atoms with van der Waals surface area (Å²) in [5.74, 6) is 1.32. The van der Waals surface area contributed by atoms with E-state index in [1.165, 1.54) is 0 Å². The van der Waals surface area contributed by atoms with E-state index in [-0.39, 0.29) is 25.0 Å². The van der Waals surface area contributed by atoms with E-state index in [2.05, 4.69) is 19.2 Å². The summed E-state index contributed by atoms with van der Waals surface area (Å²) in [6, 6.07) is 12.9. The van der Waals surface area contributed by atoms with E-state index in [4.69, 9.17) is 9.47 Å². The van der Waals surface area contributed by atoms with Gasteiger partial charge in [-0.1, -0.05) is 31.5 Å². The smallest absolute Gasteiger partial charge is 0.262 e. The van der Waals surface area contributed by atoms with Gasteiger partial charge in [-0.2, -0.15) is 0 Å². The van der Waals surface area contributed by atoms with E-state index in [0.29, 0.717) is 29.6 Å². The summed E-state index contributed by atoms with van der Waals surface area (Å²) in [6.45, 7) is 10.7. The third-order valence-corrected chi connectivity index (χ3v) is 4.89. The van der Waals surface area contributed by atoms with Crippen LogP contribution in [0.15, 0.2) is 42.5 Å². The van der Waals surface area contributed by atoms with Crippen LogP contribution >= 0.6 is 0 Å². The van der Waals surface area contributed by atoms with E-state index >= 15 is 0 Å².